The molecule has 1 N–H and O–H groups in total. The zero-order chi connectivity index (χ0) is 12.1. The number of quaternary nitrogens is 1. The van der Waals surface area contributed by atoms with Gasteiger partial charge in [-0.3, -0.25) is 0 Å². The molecule has 0 atom stereocenters. The molecule has 0 aliphatic heterocycles. The molecule has 0 radical (unpaired) electrons. The summed E-state index contributed by atoms with van der Waals surface area (Å²) in [5, 5.41) is 8.17. The van der Waals surface area contributed by atoms with E-state index in [1.165, 1.54) is 4.90 Å². The van der Waals surface area contributed by atoms with E-state index in [9.17, 15) is 0 Å². The van der Waals surface area contributed by atoms with Gasteiger partial charge in [0.05, 0.1) is 13.1 Å². The first kappa shape index (κ1) is 11.8. The van der Waals surface area contributed by atoms with Crippen molar-refractivity contribution in [1.82, 2.24) is 10.2 Å². The number of benzene rings is 1. The molecule has 2 rings (SSSR count). The predicted molar refractivity (Wildman–Crippen MR) is 65.5 cm³/mol. The molecule has 0 saturated carbocycles. The van der Waals surface area contributed by atoms with Crippen molar-refractivity contribution < 1.29 is 9.32 Å². The standard InChI is InChI=1S/C13H17N3O/c1-3-16(4-2)10-12-14-15-13(17-12)11-8-6-5-7-9-11/h5-9H,3-4,10H2,1-2H3/p+1. The third-order valence-corrected chi connectivity index (χ3v) is 2.89. The van der Waals surface area contributed by atoms with Crippen molar-refractivity contribution in [3.8, 4) is 11.5 Å². The van der Waals surface area contributed by atoms with Crippen LogP contribution in [0.1, 0.15) is 19.7 Å². The minimum Gasteiger partial charge on any atom is -0.415 e. The Labute approximate surface area is 101 Å². The largest absolute Gasteiger partial charge is 0.415 e. The molecule has 0 unspecified atom stereocenters. The van der Waals surface area contributed by atoms with Crippen molar-refractivity contribution in [1.29, 1.82) is 0 Å². The van der Waals surface area contributed by atoms with Gasteiger partial charge in [0.1, 0.15) is 0 Å². The molecule has 0 spiro atoms. The van der Waals surface area contributed by atoms with Gasteiger partial charge >= 0.3 is 0 Å². The topological polar surface area (TPSA) is 43.4 Å². The summed E-state index contributed by atoms with van der Waals surface area (Å²) >= 11 is 0. The summed E-state index contributed by atoms with van der Waals surface area (Å²) in [5.74, 6) is 1.31. The number of nitrogens with zero attached hydrogens (tertiary/aromatic N) is 2. The van der Waals surface area contributed by atoms with Crippen LogP contribution in [-0.4, -0.2) is 23.3 Å². The number of nitrogens with one attached hydrogen (secondary N) is 1. The van der Waals surface area contributed by atoms with Crippen LogP contribution >= 0.6 is 0 Å². The highest BCUT2D eigenvalue weighted by Gasteiger charge is 2.12. The molecular formula is C13H18N3O+. The molecule has 0 bridgehead atoms. The van der Waals surface area contributed by atoms with Crippen LogP contribution in [0.5, 0.6) is 0 Å². The fourth-order valence-electron chi connectivity index (χ4n) is 1.74. The van der Waals surface area contributed by atoms with Gasteiger partial charge in [0.2, 0.25) is 5.89 Å². The average Bonchev–Trinajstić information content (AvgIpc) is 2.85. The lowest BCUT2D eigenvalue weighted by Crippen LogP contribution is -3.10. The van der Waals surface area contributed by atoms with Gasteiger partial charge < -0.3 is 9.32 Å². The highest BCUT2D eigenvalue weighted by Crippen LogP contribution is 2.16. The first-order chi connectivity index (χ1) is 8.33. The Morgan fingerprint density at radius 2 is 1.76 bits per heavy atom. The van der Waals surface area contributed by atoms with Gasteiger partial charge in [-0.05, 0) is 26.0 Å². The third kappa shape index (κ3) is 2.91. The summed E-state index contributed by atoms with van der Waals surface area (Å²) < 4.78 is 5.66. The second kappa shape index (κ2) is 5.59. The van der Waals surface area contributed by atoms with Gasteiger partial charge in [-0.2, -0.15) is 0 Å². The minimum absolute atomic E-state index is 0.604. The predicted octanol–water partition coefficient (Wildman–Crippen LogP) is 1.16. The Hall–Kier alpha value is -1.68. The zero-order valence-electron chi connectivity index (χ0n) is 10.3. The molecule has 1 aromatic heterocycles. The van der Waals surface area contributed by atoms with E-state index in [0.717, 1.165) is 25.2 Å². The molecule has 0 fully saturated rings. The molecule has 0 saturated heterocycles. The maximum absolute atomic E-state index is 5.66. The van der Waals surface area contributed by atoms with Crippen LogP contribution in [0.2, 0.25) is 0 Å². The fourth-order valence-corrected chi connectivity index (χ4v) is 1.74. The average molecular weight is 232 g/mol. The Kier molecular flexibility index (Phi) is 3.88. The Morgan fingerprint density at radius 1 is 1.06 bits per heavy atom. The molecule has 90 valence electrons. The summed E-state index contributed by atoms with van der Waals surface area (Å²) in [6.07, 6.45) is 0. The molecule has 0 amide bonds. The van der Waals surface area contributed by atoms with E-state index >= 15 is 0 Å². The molecule has 1 heterocycles. The molecule has 2 aromatic rings. The molecular weight excluding hydrogens is 214 g/mol. The SMILES string of the molecule is CC[NH+](CC)Cc1nnc(-c2ccccc2)o1. The van der Waals surface area contributed by atoms with Crippen LogP contribution in [0.15, 0.2) is 34.7 Å². The van der Waals surface area contributed by atoms with Crippen molar-refractivity contribution >= 4 is 0 Å². The lowest BCUT2D eigenvalue weighted by Gasteiger charge is -2.11. The molecule has 17 heavy (non-hydrogen) atoms. The quantitative estimate of drug-likeness (QED) is 0.841. The summed E-state index contributed by atoms with van der Waals surface area (Å²) in [6, 6.07) is 9.85. The van der Waals surface area contributed by atoms with E-state index < -0.39 is 0 Å². The van der Waals surface area contributed by atoms with E-state index in [2.05, 4.69) is 24.0 Å². The van der Waals surface area contributed by atoms with E-state index in [1.807, 2.05) is 30.3 Å². The summed E-state index contributed by atoms with van der Waals surface area (Å²) in [4.78, 5) is 1.44. The minimum atomic E-state index is 0.604. The van der Waals surface area contributed by atoms with Crippen LogP contribution in [0.3, 0.4) is 0 Å². The van der Waals surface area contributed by atoms with Gasteiger partial charge in [0.25, 0.3) is 5.89 Å². The van der Waals surface area contributed by atoms with Crippen LogP contribution < -0.4 is 4.90 Å². The first-order valence-electron chi connectivity index (χ1n) is 6.04. The lowest BCUT2D eigenvalue weighted by atomic mass is 10.2. The van der Waals surface area contributed by atoms with Gasteiger partial charge in [0, 0.05) is 5.56 Å². The molecule has 4 heteroatoms. The van der Waals surface area contributed by atoms with Crippen molar-refractivity contribution in [3.05, 3.63) is 36.2 Å². The van der Waals surface area contributed by atoms with Crippen LogP contribution in [0.4, 0.5) is 0 Å². The Morgan fingerprint density at radius 3 is 2.41 bits per heavy atom. The molecule has 4 nitrogen and oxygen atoms in total. The zero-order valence-corrected chi connectivity index (χ0v) is 10.3. The van der Waals surface area contributed by atoms with Crippen LogP contribution in [0.25, 0.3) is 11.5 Å². The van der Waals surface area contributed by atoms with Gasteiger partial charge in [0.15, 0.2) is 6.54 Å². The highest BCUT2D eigenvalue weighted by atomic mass is 16.4. The van der Waals surface area contributed by atoms with Gasteiger partial charge in [-0.15, -0.1) is 10.2 Å². The second-order valence-corrected chi connectivity index (χ2v) is 4.00. The number of rotatable bonds is 5. The van der Waals surface area contributed by atoms with Gasteiger partial charge in [-0.1, -0.05) is 18.2 Å². The monoisotopic (exact) mass is 232 g/mol. The number of hydrogen-bond donors (Lipinski definition) is 1. The summed E-state index contributed by atoms with van der Waals surface area (Å²) in [5.41, 5.74) is 0.973. The lowest BCUT2D eigenvalue weighted by molar-refractivity contribution is -0.911. The number of aromatic nitrogens is 2. The molecule has 0 aliphatic carbocycles. The maximum Gasteiger partial charge on any atom is 0.271 e. The van der Waals surface area contributed by atoms with Crippen molar-refractivity contribution in [2.75, 3.05) is 13.1 Å². The van der Waals surface area contributed by atoms with Crippen LogP contribution in [-0.2, 0) is 6.54 Å². The van der Waals surface area contributed by atoms with E-state index in [1.54, 1.807) is 0 Å². The van der Waals surface area contributed by atoms with Gasteiger partial charge in [-0.25, -0.2) is 0 Å². The Balaban J connectivity index is 2.11. The van der Waals surface area contributed by atoms with E-state index in [0.29, 0.717) is 11.8 Å². The molecule has 0 aliphatic rings. The first-order valence-corrected chi connectivity index (χ1v) is 6.04. The van der Waals surface area contributed by atoms with Crippen molar-refractivity contribution in [3.63, 3.8) is 0 Å². The Bertz CT molecular complexity index is 449. The smallest absolute Gasteiger partial charge is 0.271 e. The van der Waals surface area contributed by atoms with Crippen molar-refractivity contribution in [2.24, 2.45) is 0 Å². The van der Waals surface area contributed by atoms with E-state index in [4.69, 9.17) is 4.42 Å². The van der Waals surface area contributed by atoms with Crippen LogP contribution in [0, 0.1) is 0 Å². The maximum atomic E-state index is 5.66. The summed E-state index contributed by atoms with van der Waals surface area (Å²) in [7, 11) is 0. The van der Waals surface area contributed by atoms with Crippen molar-refractivity contribution in [2.45, 2.75) is 20.4 Å². The van der Waals surface area contributed by atoms with E-state index in [-0.39, 0.29) is 0 Å². The third-order valence-electron chi connectivity index (χ3n) is 2.89. The summed E-state index contributed by atoms with van der Waals surface area (Å²) in [6.45, 7) is 7.26. The normalized spacial score (nSPS) is 11.0. The fraction of sp³-hybridized carbons (Fsp3) is 0.385. The second-order valence-electron chi connectivity index (χ2n) is 4.00. The molecule has 1 aromatic carbocycles. The highest BCUT2D eigenvalue weighted by molar-refractivity contribution is 5.51. The number of hydrogen-bond acceptors (Lipinski definition) is 3.